The van der Waals surface area contributed by atoms with Gasteiger partial charge in [-0.15, -0.1) is 0 Å². The molecule has 128 valence electrons. The van der Waals surface area contributed by atoms with Crippen LogP contribution >= 0.6 is 0 Å². The van der Waals surface area contributed by atoms with Gasteiger partial charge in [-0.3, -0.25) is 14.8 Å². The van der Waals surface area contributed by atoms with Crippen molar-refractivity contribution in [3.63, 3.8) is 0 Å². The Bertz CT molecular complexity index is 650. The lowest BCUT2D eigenvalue weighted by Crippen LogP contribution is -2.41. The second kappa shape index (κ2) is 7.48. The van der Waals surface area contributed by atoms with Crippen molar-refractivity contribution in [1.82, 2.24) is 30.0 Å². The van der Waals surface area contributed by atoms with Crippen LogP contribution in [0.2, 0.25) is 0 Å². The first kappa shape index (κ1) is 16.5. The first-order chi connectivity index (χ1) is 11.6. The number of likely N-dealkylation sites (tertiary alicyclic amines) is 1. The molecule has 0 radical (unpaired) electrons. The monoisotopic (exact) mass is 332 g/mol. The van der Waals surface area contributed by atoms with Crippen LogP contribution in [-0.4, -0.2) is 68.2 Å². The summed E-state index contributed by atoms with van der Waals surface area (Å²) in [7, 11) is 1.76. The van der Waals surface area contributed by atoms with Gasteiger partial charge in [0.2, 0.25) is 5.91 Å². The summed E-state index contributed by atoms with van der Waals surface area (Å²) < 4.78 is 13.9. The summed E-state index contributed by atoms with van der Waals surface area (Å²) in [5, 5.41) is 6.62. The number of likely N-dealkylation sites (N-methyl/N-ethyl adjacent to an activating group) is 1. The molecule has 1 aliphatic heterocycles. The molecule has 0 unspecified atom stereocenters. The van der Waals surface area contributed by atoms with Crippen LogP contribution in [0.5, 0.6) is 0 Å². The quantitative estimate of drug-likeness (QED) is 0.847. The highest BCUT2D eigenvalue weighted by atomic mass is 19.1. The Morgan fingerprint density at radius 3 is 2.96 bits per heavy atom. The third kappa shape index (κ3) is 4.14. The Labute approximate surface area is 139 Å². The first-order valence-electron chi connectivity index (χ1n) is 7.96. The maximum Gasteiger partial charge on any atom is 0.228 e. The summed E-state index contributed by atoms with van der Waals surface area (Å²) in [5.41, 5.74) is 1.72. The molecule has 1 N–H and O–H groups in total. The molecule has 0 spiro atoms. The van der Waals surface area contributed by atoms with E-state index in [1.165, 1.54) is 6.33 Å². The van der Waals surface area contributed by atoms with Gasteiger partial charge in [-0.1, -0.05) is 0 Å². The van der Waals surface area contributed by atoms with E-state index in [1.54, 1.807) is 36.6 Å². The van der Waals surface area contributed by atoms with Crippen LogP contribution in [0.4, 0.5) is 4.39 Å². The minimum atomic E-state index is -0.865. The third-order valence-corrected chi connectivity index (χ3v) is 4.29. The van der Waals surface area contributed by atoms with Crippen LogP contribution in [0.1, 0.15) is 17.7 Å². The molecule has 0 bridgehead atoms. The van der Waals surface area contributed by atoms with Gasteiger partial charge in [0.25, 0.3) is 0 Å². The minimum Gasteiger partial charge on any atom is -0.344 e. The van der Waals surface area contributed by atoms with Gasteiger partial charge in [-0.25, -0.2) is 14.4 Å². The summed E-state index contributed by atoms with van der Waals surface area (Å²) in [6.07, 6.45) is 6.42. The van der Waals surface area contributed by atoms with Gasteiger partial charge in [0.05, 0.1) is 6.42 Å². The second-order valence-corrected chi connectivity index (χ2v) is 6.20. The SMILES string of the molecule is CN(C[C@@H]1C[C@H](F)CN1Cc1cncnc1)C(=O)Cc1ccn[nH]1. The molecule has 3 rings (SSSR count). The van der Waals surface area contributed by atoms with Crippen molar-refractivity contribution in [1.29, 1.82) is 0 Å². The van der Waals surface area contributed by atoms with E-state index in [4.69, 9.17) is 0 Å². The topological polar surface area (TPSA) is 78.0 Å². The molecule has 0 aliphatic carbocycles. The molecular formula is C16H21FN6O. The fourth-order valence-corrected chi connectivity index (χ4v) is 3.05. The Kier molecular flexibility index (Phi) is 5.14. The zero-order chi connectivity index (χ0) is 16.9. The smallest absolute Gasteiger partial charge is 0.228 e. The van der Waals surface area contributed by atoms with Crippen LogP contribution in [0.15, 0.2) is 31.0 Å². The van der Waals surface area contributed by atoms with Gasteiger partial charge in [-0.05, 0) is 12.5 Å². The minimum absolute atomic E-state index is 0.00378. The summed E-state index contributed by atoms with van der Waals surface area (Å²) in [6.45, 7) is 1.47. The molecule has 1 saturated heterocycles. The average Bonchev–Trinajstić information content (AvgIpc) is 3.18. The van der Waals surface area contributed by atoms with Gasteiger partial charge >= 0.3 is 0 Å². The van der Waals surface area contributed by atoms with Crippen LogP contribution in [0.3, 0.4) is 0 Å². The van der Waals surface area contributed by atoms with Crippen molar-refractivity contribution in [2.24, 2.45) is 0 Å². The lowest BCUT2D eigenvalue weighted by molar-refractivity contribution is -0.129. The van der Waals surface area contributed by atoms with E-state index in [0.717, 1.165) is 11.3 Å². The van der Waals surface area contributed by atoms with Crippen LogP contribution in [0.25, 0.3) is 0 Å². The van der Waals surface area contributed by atoms with Crippen LogP contribution < -0.4 is 0 Å². The number of carbonyl (C=O) groups is 1. The normalized spacial score (nSPS) is 21.1. The van der Waals surface area contributed by atoms with Gasteiger partial charge in [-0.2, -0.15) is 5.10 Å². The number of hydrogen-bond acceptors (Lipinski definition) is 5. The Hall–Kier alpha value is -2.35. The zero-order valence-electron chi connectivity index (χ0n) is 13.6. The number of H-pyrrole nitrogens is 1. The van der Waals surface area contributed by atoms with Crippen molar-refractivity contribution >= 4 is 5.91 Å². The lowest BCUT2D eigenvalue weighted by Gasteiger charge is -2.28. The van der Waals surface area contributed by atoms with E-state index in [0.29, 0.717) is 26.1 Å². The fourth-order valence-electron chi connectivity index (χ4n) is 3.05. The molecule has 24 heavy (non-hydrogen) atoms. The van der Waals surface area contributed by atoms with Crippen molar-refractivity contribution in [3.05, 3.63) is 42.2 Å². The van der Waals surface area contributed by atoms with Crippen molar-refractivity contribution in [3.8, 4) is 0 Å². The largest absolute Gasteiger partial charge is 0.344 e. The molecule has 1 aliphatic rings. The molecular weight excluding hydrogens is 311 g/mol. The second-order valence-electron chi connectivity index (χ2n) is 6.20. The van der Waals surface area contributed by atoms with E-state index in [2.05, 4.69) is 25.1 Å². The number of hydrogen-bond donors (Lipinski definition) is 1. The highest BCUT2D eigenvalue weighted by Gasteiger charge is 2.33. The zero-order valence-corrected chi connectivity index (χ0v) is 13.6. The fraction of sp³-hybridized carbons (Fsp3) is 0.500. The number of aromatic amines is 1. The first-order valence-corrected chi connectivity index (χ1v) is 7.96. The van der Waals surface area contributed by atoms with Gasteiger partial charge in [0.15, 0.2) is 0 Å². The number of halogens is 1. The summed E-state index contributed by atoms with van der Waals surface area (Å²) in [5.74, 6) is -0.00967. The highest BCUT2D eigenvalue weighted by Crippen LogP contribution is 2.23. The Balaban J connectivity index is 1.58. The van der Waals surface area contributed by atoms with Crippen LogP contribution in [-0.2, 0) is 17.8 Å². The lowest BCUT2D eigenvalue weighted by atomic mass is 10.1. The molecule has 2 atom stereocenters. The van der Waals surface area contributed by atoms with E-state index < -0.39 is 6.17 Å². The van der Waals surface area contributed by atoms with E-state index in [1.807, 2.05) is 0 Å². The van der Waals surface area contributed by atoms with Gasteiger partial charge < -0.3 is 4.90 Å². The van der Waals surface area contributed by atoms with Crippen molar-refractivity contribution in [2.45, 2.75) is 31.6 Å². The van der Waals surface area contributed by atoms with E-state index >= 15 is 0 Å². The molecule has 2 aromatic rings. The Morgan fingerprint density at radius 2 is 2.25 bits per heavy atom. The van der Waals surface area contributed by atoms with Gasteiger partial charge in [0, 0.05) is 62.6 Å². The third-order valence-electron chi connectivity index (χ3n) is 4.29. The molecule has 0 saturated carbocycles. The molecule has 8 heteroatoms. The maximum atomic E-state index is 13.9. The predicted molar refractivity (Wildman–Crippen MR) is 85.7 cm³/mol. The molecule has 0 aromatic carbocycles. The highest BCUT2D eigenvalue weighted by molar-refractivity contribution is 5.78. The standard InChI is InChI=1S/C16H21FN6O/c1-22(16(24)5-14-2-3-20-21-14)10-15-4-13(17)9-23(15)8-12-6-18-11-19-7-12/h2-3,6-7,11,13,15H,4-5,8-10H2,1H3,(H,20,21)/t13-,15-/m0/s1. The molecule has 1 fully saturated rings. The van der Waals surface area contributed by atoms with E-state index in [-0.39, 0.29) is 18.4 Å². The number of carbonyl (C=O) groups excluding carboxylic acids is 1. The number of amides is 1. The van der Waals surface area contributed by atoms with Crippen LogP contribution in [0, 0.1) is 0 Å². The predicted octanol–water partition coefficient (Wildman–Crippen LogP) is 0.813. The number of aromatic nitrogens is 4. The number of nitrogens with zero attached hydrogens (tertiary/aromatic N) is 5. The average molecular weight is 332 g/mol. The molecule has 3 heterocycles. The summed E-state index contributed by atoms with van der Waals surface area (Å²) in [6, 6.07) is 1.77. The maximum absolute atomic E-state index is 13.9. The van der Waals surface area contributed by atoms with Crippen molar-refractivity contribution in [2.75, 3.05) is 20.1 Å². The van der Waals surface area contributed by atoms with E-state index in [9.17, 15) is 9.18 Å². The number of rotatable bonds is 6. The molecule has 1 amide bonds. The Morgan fingerprint density at radius 1 is 1.46 bits per heavy atom. The number of nitrogens with one attached hydrogen (secondary N) is 1. The number of alkyl halides is 1. The van der Waals surface area contributed by atoms with Gasteiger partial charge in [0.1, 0.15) is 12.5 Å². The molecule has 2 aromatic heterocycles. The molecule has 7 nitrogen and oxygen atoms in total. The summed E-state index contributed by atoms with van der Waals surface area (Å²) >= 11 is 0. The summed E-state index contributed by atoms with van der Waals surface area (Å²) in [4.78, 5) is 24.0. The van der Waals surface area contributed by atoms with Crippen molar-refractivity contribution < 1.29 is 9.18 Å².